The predicted octanol–water partition coefficient (Wildman–Crippen LogP) is 5.56. The Labute approximate surface area is 498 Å². The summed E-state index contributed by atoms with van der Waals surface area (Å²) in [6, 6.07) is 12.3. The van der Waals surface area contributed by atoms with Crippen LogP contribution in [-0.2, 0) is 66.4 Å². The number of hydrogen-bond donors (Lipinski definition) is 2. The third kappa shape index (κ3) is 12.0. The molecule has 0 radical (unpaired) electrons. The largest absolute Gasteiger partial charge is 0.490 e. The Kier molecular flexibility index (Phi) is 15.6. The van der Waals surface area contributed by atoms with Crippen molar-refractivity contribution in [3.05, 3.63) is 123 Å². The quantitative estimate of drug-likeness (QED) is 0.127. The fraction of sp³-hybridized carbons (Fsp3) is 0.375. The van der Waals surface area contributed by atoms with E-state index in [9.17, 15) is 36.9 Å². The molecule has 2 amide bonds. The third-order valence-electron chi connectivity index (χ3n) is 15.8. The Morgan fingerprint density at radius 1 is 0.706 bits per heavy atom. The van der Waals surface area contributed by atoms with Gasteiger partial charge in [-0.3, -0.25) is 28.4 Å². The Balaban J connectivity index is 0.743. The Bertz CT molecular complexity index is 4180. The number of anilines is 4. The monoisotopic (exact) mass is 1220 g/mol. The molecule has 4 aliphatic heterocycles. The van der Waals surface area contributed by atoms with Gasteiger partial charge >= 0.3 is 0 Å². The van der Waals surface area contributed by atoms with Crippen molar-refractivity contribution in [2.45, 2.75) is 69.5 Å². The summed E-state index contributed by atoms with van der Waals surface area (Å²) in [7, 11) is -2.98. The molecule has 4 aliphatic rings. The van der Waals surface area contributed by atoms with E-state index in [1.54, 1.807) is 62.2 Å². The molecule has 0 saturated carbocycles. The zero-order valence-corrected chi connectivity index (χ0v) is 50.1. The van der Waals surface area contributed by atoms with Gasteiger partial charge in [0, 0.05) is 92.8 Å². The molecular weight excluding hydrogens is 1170 g/mol. The molecular formula is C56H58N18O7S4. The van der Waals surface area contributed by atoms with Crippen LogP contribution in [0.1, 0.15) is 84.2 Å². The van der Waals surface area contributed by atoms with E-state index in [2.05, 4.69) is 32.8 Å². The molecule has 0 spiro atoms. The van der Waals surface area contributed by atoms with Crippen LogP contribution in [0.3, 0.4) is 0 Å². The second kappa shape index (κ2) is 23.2. The number of benzene rings is 1. The first-order valence-electron chi connectivity index (χ1n) is 27.5. The number of fused-ring (bicyclic) bond motifs is 2. The van der Waals surface area contributed by atoms with Crippen molar-refractivity contribution < 1.29 is 31.2 Å². The highest BCUT2D eigenvalue weighted by Gasteiger charge is 2.33. The lowest BCUT2D eigenvalue weighted by Crippen LogP contribution is -2.41. The lowest BCUT2D eigenvalue weighted by molar-refractivity contribution is 0.101. The molecule has 12 rings (SSSR count). The van der Waals surface area contributed by atoms with Gasteiger partial charge in [0.2, 0.25) is 21.9 Å². The maximum Gasteiger partial charge on any atom is 0.260 e. The number of nitrogens with zero attached hydrogens (tertiary/aromatic N) is 16. The Hall–Kier alpha value is -8.45. The zero-order chi connectivity index (χ0) is 59.3. The highest BCUT2D eigenvalue weighted by Crippen LogP contribution is 2.40. The number of aryl methyl sites for hydroxylation is 2. The summed E-state index contributed by atoms with van der Waals surface area (Å²) in [5.74, 6) is 1.47. The predicted molar refractivity (Wildman–Crippen MR) is 319 cm³/mol. The standard InChI is InChI=1S/C56H58N18O7S4/c1-68-28-36(25-63-68)51(75)65-53-43(21-57)41-14-18-72(32-47(41)82-53)56-61-26-37(27-62-56)74-30-46(64-49(74)33-70-15-11-40(12-16-70)84(3,77)78)50-45(29-69(2)67-50)52(76)66-54-44(22-58)42-13-17-71(31-48(42)83-54)55-59-23-35(24-60-55)34-5-7-38(8-6-34)81-39-9-19-73(20-10-39)85(4,79)80/h5-8,23-30,39-40H,9-20,31-33H2,1-4H3,(H,65,75)(H,66,76). The number of thiophene rings is 2. The zero-order valence-electron chi connectivity index (χ0n) is 46.8. The van der Waals surface area contributed by atoms with Crippen molar-refractivity contribution >= 4 is 76.2 Å². The first-order valence-corrected chi connectivity index (χ1v) is 32.9. The maximum atomic E-state index is 14.5. The molecule has 0 bridgehead atoms. The molecule has 0 aliphatic carbocycles. The molecule has 29 heteroatoms. The molecule has 2 fully saturated rings. The van der Waals surface area contributed by atoms with Crippen LogP contribution in [0.4, 0.5) is 21.9 Å². The van der Waals surface area contributed by atoms with Gasteiger partial charge in [0.15, 0.2) is 0 Å². The lowest BCUT2D eigenvalue weighted by Gasteiger charge is -2.30. The third-order valence-corrected chi connectivity index (χ3v) is 21.1. The first kappa shape index (κ1) is 57.0. The number of rotatable bonds is 15. The lowest BCUT2D eigenvalue weighted by atomic mass is 10.0. The van der Waals surface area contributed by atoms with Gasteiger partial charge in [-0.05, 0) is 80.4 Å². The minimum atomic E-state index is -3.22. The van der Waals surface area contributed by atoms with Crippen LogP contribution in [0, 0.1) is 22.7 Å². The van der Waals surface area contributed by atoms with E-state index in [0.717, 1.165) is 32.0 Å². The Morgan fingerprint density at radius 2 is 1.29 bits per heavy atom. The molecule has 85 heavy (non-hydrogen) atoms. The van der Waals surface area contributed by atoms with E-state index in [1.165, 1.54) is 50.4 Å². The van der Waals surface area contributed by atoms with E-state index in [-0.39, 0.29) is 17.6 Å². The van der Waals surface area contributed by atoms with Crippen molar-refractivity contribution in [3.63, 3.8) is 0 Å². The molecule has 0 atom stereocenters. The highest BCUT2D eigenvalue weighted by atomic mass is 32.2. The van der Waals surface area contributed by atoms with Crippen LogP contribution in [0.15, 0.2) is 73.8 Å². The Morgan fingerprint density at radius 3 is 1.85 bits per heavy atom. The number of imidazole rings is 1. The van der Waals surface area contributed by atoms with Crippen molar-refractivity contribution in [2.75, 3.05) is 72.2 Å². The number of carbonyl (C=O) groups excluding carboxylic acids is 2. The molecule has 438 valence electrons. The second-order valence-corrected chi connectivity index (χ2v) is 28.1. The number of nitriles is 2. The fourth-order valence-corrected chi connectivity index (χ4v) is 15.6. The molecule has 8 aromatic rings. The number of sulfonamides is 1. The molecule has 1 aromatic carbocycles. The number of ether oxygens (including phenoxy) is 1. The van der Waals surface area contributed by atoms with Gasteiger partial charge in [0.05, 0.1) is 77.7 Å². The van der Waals surface area contributed by atoms with Crippen LogP contribution in [-0.4, -0.2) is 150 Å². The van der Waals surface area contributed by atoms with Gasteiger partial charge in [0.25, 0.3) is 11.8 Å². The van der Waals surface area contributed by atoms with Gasteiger partial charge in [-0.1, -0.05) is 12.1 Å². The van der Waals surface area contributed by atoms with E-state index in [1.807, 2.05) is 38.6 Å². The van der Waals surface area contributed by atoms with Crippen LogP contribution < -0.4 is 25.2 Å². The number of nitrogens with one attached hydrogen (secondary N) is 2. The topological polar surface area (TPSA) is 301 Å². The number of piperidine rings is 2. The van der Waals surface area contributed by atoms with Gasteiger partial charge in [-0.25, -0.2) is 46.1 Å². The molecule has 7 aromatic heterocycles. The average Bonchev–Trinajstić information content (AvgIpc) is 2.37. The minimum absolute atomic E-state index is 0.0674. The van der Waals surface area contributed by atoms with Crippen molar-refractivity contribution in [2.24, 2.45) is 14.1 Å². The van der Waals surface area contributed by atoms with Crippen LogP contribution >= 0.6 is 22.7 Å². The summed E-state index contributed by atoms with van der Waals surface area (Å²) in [6.45, 7) is 4.23. The van der Waals surface area contributed by atoms with E-state index in [0.29, 0.717) is 165 Å². The smallest absolute Gasteiger partial charge is 0.260 e. The number of sulfone groups is 1. The molecule has 2 saturated heterocycles. The van der Waals surface area contributed by atoms with Crippen LogP contribution in [0.2, 0.25) is 0 Å². The van der Waals surface area contributed by atoms with Gasteiger partial charge < -0.3 is 25.2 Å². The van der Waals surface area contributed by atoms with Crippen LogP contribution in [0.5, 0.6) is 5.75 Å². The summed E-state index contributed by atoms with van der Waals surface area (Å²) < 4.78 is 61.4. The van der Waals surface area contributed by atoms with E-state index >= 15 is 0 Å². The number of carbonyl (C=O) groups is 2. The van der Waals surface area contributed by atoms with E-state index < -0.39 is 31.0 Å². The molecule has 2 N–H and O–H groups in total. The normalized spacial score (nSPS) is 16.4. The van der Waals surface area contributed by atoms with Gasteiger partial charge in [0.1, 0.15) is 61.0 Å². The first-order chi connectivity index (χ1) is 40.8. The number of aromatic nitrogens is 10. The highest BCUT2D eigenvalue weighted by molar-refractivity contribution is 7.91. The van der Waals surface area contributed by atoms with Crippen molar-refractivity contribution in [1.29, 1.82) is 10.5 Å². The second-order valence-electron chi connectivity index (χ2n) is 21.6. The summed E-state index contributed by atoms with van der Waals surface area (Å²) in [4.78, 5) is 59.7. The summed E-state index contributed by atoms with van der Waals surface area (Å²) in [5.41, 5.74) is 6.24. The number of amides is 2. The SMILES string of the molecule is Cn1cc(C(=O)Nc2sc3c(c2C#N)CCN(c2ncc(-n4cc(-c5nn(C)cc5C(=O)Nc5sc6c(c5C#N)CCN(c5ncc(-c7ccc(OC8CCN(S(C)(=O)=O)CC8)cc7)cn5)C6)nc4CN4CCC(S(C)(=O)=O)CC4)cn2)C3)cn1. The summed E-state index contributed by atoms with van der Waals surface area (Å²) in [5, 5.41) is 35.9. The van der Waals surface area contributed by atoms with Crippen molar-refractivity contribution in [3.8, 4) is 46.1 Å². The number of likely N-dealkylation sites (tertiary alicyclic amines) is 1. The number of hydrogen-bond acceptors (Lipinski definition) is 21. The average molecular weight is 1220 g/mol. The molecule has 0 unspecified atom stereocenters. The fourth-order valence-electron chi connectivity index (χ4n) is 11.3. The van der Waals surface area contributed by atoms with Gasteiger partial charge in [-0.15, -0.1) is 22.7 Å². The van der Waals surface area contributed by atoms with Crippen molar-refractivity contribution in [1.82, 2.24) is 58.3 Å². The van der Waals surface area contributed by atoms with Crippen LogP contribution in [0.25, 0.3) is 28.2 Å². The summed E-state index contributed by atoms with van der Waals surface area (Å²) in [6.07, 6.45) is 19.2. The molecule has 25 nitrogen and oxygen atoms in total. The van der Waals surface area contributed by atoms with E-state index in [4.69, 9.17) is 34.8 Å². The summed E-state index contributed by atoms with van der Waals surface area (Å²) >= 11 is 2.69. The van der Waals surface area contributed by atoms with Gasteiger partial charge in [-0.2, -0.15) is 20.7 Å². The maximum absolute atomic E-state index is 14.5. The minimum Gasteiger partial charge on any atom is -0.490 e. The molecule has 11 heterocycles.